The molecule has 6 heteroatoms. The molecule has 1 amide bonds. The summed E-state index contributed by atoms with van der Waals surface area (Å²) in [5.74, 6) is -0.893. The minimum Gasteiger partial charge on any atom is -0.375 e. The molecule has 0 radical (unpaired) electrons. The molecule has 0 saturated carbocycles. The molecule has 20 heavy (non-hydrogen) atoms. The highest BCUT2D eigenvalue weighted by molar-refractivity contribution is 7.12. The van der Waals surface area contributed by atoms with Crippen molar-refractivity contribution in [3.8, 4) is 0 Å². The summed E-state index contributed by atoms with van der Waals surface area (Å²) in [6, 6.07) is 8.28. The Morgan fingerprint density at radius 2 is 2.15 bits per heavy atom. The molecule has 102 valence electrons. The van der Waals surface area contributed by atoms with E-state index in [0.29, 0.717) is 21.2 Å². The Bertz CT molecular complexity index is 698. The maximum Gasteiger partial charge on any atom is 0.261 e. The number of hydrogen-bond donors (Lipinski definition) is 2. The van der Waals surface area contributed by atoms with E-state index in [1.54, 1.807) is 35.7 Å². The number of thiophene rings is 1. The van der Waals surface area contributed by atoms with Crippen LogP contribution >= 0.6 is 22.9 Å². The Labute approximate surface area is 124 Å². The molecule has 1 aromatic heterocycles. The zero-order chi connectivity index (χ0) is 14.3. The van der Waals surface area contributed by atoms with E-state index in [2.05, 4.69) is 5.32 Å². The average molecular weight is 308 g/mol. The van der Waals surface area contributed by atoms with Crippen LogP contribution in [0.5, 0.6) is 0 Å². The summed E-state index contributed by atoms with van der Waals surface area (Å²) in [5.41, 5.74) is -1.14. The lowest BCUT2D eigenvalue weighted by molar-refractivity contribution is -0.133. The summed E-state index contributed by atoms with van der Waals surface area (Å²) in [6.07, 6.45) is -0.299. The van der Waals surface area contributed by atoms with E-state index in [-0.39, 0.29) is 12.2 Å². The third-order valence-corrected chi connectivity index (χ3v) is 4.51. The molecule has 1 aliphatic rings. The van der Waals surface area contributed by atoms with Crippen molar-refractivity contribution >= 4 is 40.3 Å². The Balaban J connectivity index is 1.99. The van der Waals surface area contributed by atoms with Crippen molar-refractivity contribution in [2.75, 3.05) is 5.32 Å². The Hall–Kier alpha value is -1.69. The van der Waals surface area contributed by atoms with E-state index in [9.17, 15) is 14.7 Å². The summed E-state index contributed by atoms with van der Waals surface area (Å²) in [6.45, 7) is 0. The van der Waals surface area contributed by atoms with Gasteiger partial charge in [0.2, 0.25) is 0 Å². The molecule has 0 spiro atoms. The Kier molecular flexibility index (Phi) is 3.12. The first-order chi connectivity index (χ1) is 9.52. The van der Waals surface area contributed by atoms with Crippen LogP contribution in [0.15, 0.2) is 35.7 Å². The first-order valence-corrected chi connectivity index (χ1v) is 7.17. The number of Topliss-reactive ketones (excluding diaryl/α,β-unsaturated/α-hetero) is 1. The van der Waals surface area contributed by atoms with E-state index >= 15 is 0 Å². The van der Waals surface area contributed by atoms with Crippen LogP contribution < -0.4 is 5.32 Å². The second kappa shape index (κ2) is 4.70. The Morgan fingerprint density at radius 1 is 1.35 bits per heavy atom. The molecule has 1 aromatic carbocycles. The molecular weight excluding hydrogens is 298 g/mol. The van der Waals surface area contributed by atoms with Gasteiger partial charge < -0.3 is 10.4 Å². The first-order valence-electron chi connectivity index (χ1n) is 5.92. The van der Waals surface area contributed by atoms with Gasteiger partial charge in [-0.2, -0.15) is 0 Å². The van der Waals surface area contributed by atoms with Crippen LogP contribution in [0.4, 0.5) is 5.69 Å². The monoisotopic (exact) mass is 307 g/mol. The molecule has 1 aliphatic heterocycles. The van der Waals surface area contributed by atoms with Crippen LogP contribution in [-0.4, -0.2) is 16.8 Å². The molecule has 0 aliphatic carbocycles. The van der Waals surface area contributed by atoms with Crippen LogP contribution in [0.2, 0.25) is 5.02 Å². The summed E-state index contributed by atoms with van der Waals surface area (Å²) in [5, 5.41) is 15.3. The highest BCUT2D eigenvalue weighted by atomic mass is 35.5. The zero-order valence-electron chi connectivity index (χ0n) is 10.2. The first kappa shape index (κ1) is 13.3. The SMILES string of the molecule is O=C(CC1(O)C(=O)Nc2c(Cl)cccc21)c1cccs1. The van der Waals surface area contributed by atoms with Gasteiger partial charge in [-0.1, -0.05) is 29.8 Å². The number of hydrogen-bond acceptors (Lipinski definition) is 4. The standard InChI is InChI=1S/C14H10ClNO3S/c15-9-4-1-3-8-12(9)16-13(18)14(8,19)7-10(17)11-5-2-6-20-11/h1-6,19H,7H2,(H,16,18). The number of ketones is 1. The van der Waals surface area contributed by atoms with Gasteiger partial charge in [0, 0.05) is 5.56 Å². The van der Waals surface area contributed by atoms with Crippen LogP contribution in [0.25, 0.3) is 0 Å². The molecular formula is C14H10ClNO3S. The second-order valence-corrected chi connectivity index (χ2v) is 5.91. The van der Waals surface area contributed by atoms with E-state index in [4.69, 9.17) is 11.6 Å². The van der Waals surface area contributed by atoms with Crippen LogP contribution in [-0.2, 0) is 10.4 Å². The molecule has 0 bridgehead atoms. The average Bonchev–Trinajstić information content (AvgIpc) is 3.01. The molecule has 1 unspecified atom stereocenters. The predicted octanol–water partition coefficient (Wildman–Crippen LogP) is 2.81. The maximum absolute atomic E-state index is 12.1. The fourth-order valence-electron chi connectivity index (χ4n) is 2.27. The lowest BCUT2D eigenvalue weighted by Gasteiger charge is -2.19. The van der Waals surface area contributed by atoms with Crippen molar-refractivity contribution in [3.63, 3.8) is 0 Å². The number of carbonyl (C=O) groups is 2. The van der Waals surface area contributed by atoms with Crippen molar-refractivity contribution in [1.29, 1.82) is 0 Å². The fraction of sp³-hybridized carbons (Fsp3) is 0.143. The minimum absolute atomic E-state index is 0.273. The fourth-order valence-corrected chi connectivity index (χ4v) is 3.15. The highest BCUT2D eigenvalue weighted by Gasteiger charge is 2.47. The summed E-state index contributed by atoms with van der Waals surface area (Å²) >= 11 is 7.27. The van der Waals surface area contributed by atoms with Crippen molar-refractivity contribution in [1.82, 2.24) is 0 Å². The van der Waals surface area contributed by atoms with E-state index in [0.717, 1.165) is 0 Å². The van der Waals surface area contributed by atoms with Gasteiger partial charge in [0.15, 0.2) is 11.4 Å². The Morgan fingerprint density at radius 3 is 2.85 bits per heavy atom. The van der Waals surface area contributed by atoms with E-state index in [1.807, 2.05) is 0 Å². The van der Waals surface area contributed by atoms with Crippen LogP contribution in [0.3, 0.4) is 0 Å². The molecule has 4 nitrogen and oxygen atoms in total. The normalized spacial score (nSPS) is 20.6. The largest absolute Gasteiger partial charge is 0.375 e. The van der Waals surface area contributed by atoms with Crippen LogP contribution in [0.1, 0.15) is 21.7 Å². The molecule has 2 heterocycles. The van der Waals surface area contributed by atoms with Crippen LogP contribution in [0, 0.1) is 0 Å². The molecule has 0 saturated heterocycles. The molecule has 3 rings (SSSR count). The number of benzene rings is 1. The van der Waals surface area contributed by atoms with Gasteiger partial charge in [0.05, 0.1) is 22.0 Å². The third-order valence-electron chi connectivity index (χ3n) is 3.29. The molecule has 1 atom stereocenters. The minimum atomic E-state index is -1.86. The second-order valence-electron chi connectivity index (χ2n) is 4.55. The topological polar surface area (TPSA) is 66.4 Å². The van der Waals surface area contributed by atoms with Gasteiger partial charge in [-0.05, 0) is 17.5 Å². The van der Waals surface area contributed by atoms with Gasteiger partial charge >= 0.3 is 0 Å². The zero-order valence-corrected chi connectivity index (χ0v) is 11.8. The van der Waals surface area contributed by atoms with Gasteiger partial charge in [0.25, 0.3) is 5.91 Å². The van der Waals surface area contributed by atoms with Crippen molar-refractivity contribution in [2.45, 2.75) is 12.0 Å². The van der Waals surface area contributed by atoms with Gasteiger partial charge in [-0.3, -0.25) is 9.59 Å². The molecule has 2 aromatic rings. The lowest BCUT2D eigenvalue weighted by atomic mass is 9.89. The van der Waals surface area contributed by atoms with Crippen molar-refractivity contribution in [2.24, 2.45) is 0 Å². The number of carbonyl (C=O) groups excluding carboxylic acids is 2. The molecule has 2 N–H and O–H groups in total. The van der Waals surface area contributed by atoms with Crippen molar-refractivity contribution < 1.29 is 14.7 Å². The number of nitrogens with one attached hydrogen (secondary N) is 1. The van der Waals surface area contributed by atoms with Gasteiger partial charge in [0.1, 0.15) is 0 Å². The number of aliphatic hydroxyl groups is 1. The quantitative estimate of drug-likeness (QED) is 0.857. The number of halogens is 1. The number of rotatable bonds is 3. The number of fused-ring (bicyclic) bond motifs is 1. The maximum atomic E-state index is 12.1. The summed E-state index contributed by atoms with van der Waals surface area (Å²) in [4.78, 5) is 24.7. The summed E-state index contributed by atoms with van der Waals surface area (Å²) < 4.78 is 0. The predicted molar refractivity (Wildman–Crippen MR) is 77.2 cm³/mol. The number of amides is 1. The van der Waals surface area contributed by atoms with Crippen molar-refractivity contribution in [3.05, 3.63) is 51.2 Å². The van der Waals surface area contributed by atoms with E-state index < -0.39 is 11.5 Å². The van der Waals surface area contributed by atoms with Gasteiger partial charge in [-0.15, -0.1) is 11.3 Å². The van der Waals surface area contributed by atoms with E-state index in [1.165, 1.54) is 11.3 Å². The smallest absolute Gasteiger partial charge is 0.261 e. The highest BCUT2D eigenvalue weighted by Crippen LogP contribution is 2.42. The third kappa shape index (κ3) is 1.95. The summed E-state index contributed by atoms with van der Waals surface area (Å²) in [7, 11) is 0. The lowest BCUT2D eigenvalue weighted by Crippen LogP contribution is -2.36. The molecule has 0 fully saturated rings. The van der Waals surface area contributed by atoms with Gasteiger partial charge in [-0.25, -0.2) is 0 Å². The number of para-hydroxylation sites is 1. The number of anilines is 1.